The van der Waals surface area contributed by atoms with Crippen molar-refractivity contribution in [1.29, 1.82) is 0 Å². The number of esters is 3. The van der Waals surface area contributed by atoms with Gasteiger partial charge in [-0.15, -0.1) is 0 Å². The Balaban J connectivity index is 0.000000153. The van der Waals surface area contributed by atoms with Crippen molar-refractivity contribution in [2.24, 2.45) is 0 Å². The molecule has 3 N–H and O–H groups in total. The highest BCUT2D eigenvalue weighted by atomic mass is 35.5. The smallest absolute Gasteiger partial charge is 0.358 e. The molecule has 0 amide bonds. The number of ether oxygens (including phenoxy) is 3. The largest absolute Gasteiger partial charge is 0.467 e. The summed E-state index contributed by atoms with van der Waals surface area (Å²) in [6, 6.07) is 16.2. The van der Waals surface area contributed by atoms with Crippen LogP contribution in [0, 0.1) is 0 Å². The van der Waals surface area contributed by atoms with E-state index in [-0.39, 0.29) is 31.7 Å². The normalized spacial score (nSPS) is 12.8. The van der Waals surface area contributed by atoms with Gasteiger partial charge >= 0.3 is 17.9 Å². The minimum Gasteiger partial charge on any atom is -0.467 e. The lowest BCUT2D eigenvalue weighted by Gasteiger charge is -2.14. The van der Waals surface area contributed by atoms with Crippen molar-refractivity contribution in [1.82, 2.24) is 15.0 Å². The van der Waals surface area contributed by atoms with Gasteiger partial charge in [0.1, 0.15) is 27.6 Å². The molecule has 0 bridgehead atoms. The third-order valence-electron chi connectivity index (χ3n) is 9.15. The van der Waals surface area contributed by atoms with E-state index in [4.69, 9.17) is 69.1 Å². The molecule has 0 unspecified atom stereocenters. The molecule has 61 heavy (non-hydrogen) atoms. The van der Waals surface area contributed by atoms with Gasteiger partial charge in [0.05, 0.1) is 81.2 Å². The first kappa shape index (κ1) is 44.8. The molecule has 0 aromatic carbocycles. The fourth-order valence-corrected chi connectivity index (χ4v) is 6.72. The number of nitrogens with one attached hydrogen (secondary N) is 3. The maximum Gasteiger partial charge on any atom is 0.358 e. The fourth-order valence-electron chi connectivity index (χ4n) is 5.85. The van der Waals surface area contributed by atoms with E-state index in [1.165, 1.54) is 27.4 Å². The number of anilines is 3. The van der Waals surface area contributed by atoms with Gasteiger partial charge < -0.3 is 43.4 Å². The van der Waals surface area contributed by atoms with Crippen LogP contribution in [0.3, 0.4) is 0 Å². The summed E-state index contributed by atoms with van der Waals surface area (Å²) in [6.07, 6.45) is 9.07. The number of rotatable bonds is 14. The number of furan rings is 3. The second kappa shape index (κ2) is 21.2. The molecule has 0 spiro atoms. The molecule has 0 atom stereocenters. The van der Waals surface area contributed by atoms with Crippen molar-refractivity contribution in [3.63, 3.8) is 0 Å². The molecule has 6 aromatic rings. The minimum atomic E-state index is -0.645. The van der Waals surface area contributed by atoms with Crippen LogP contribution in [0.4, 0.5) is 17.1 Å². The first-order chi connectivity index (χ1) is 29.5. The van der Waals surface area contributed by atoms with Gasteiger partial charge in [-0.2, -0.15) is 0 Å². The van der Waals surface area contributed by atoms with Gasteiger partial charge in [-0.3, -0.25) is 0 Å². The van der Waals surface area contributed by atoms with Crippen LogP contribution in [-0.4, -0.2) is 54.2 Å². The zero-order chi connectivity index (χ0) is 43.5. The monoisotopic (exact) mass is 912 g/mol. The van der Waals surface area contributed by atoms with Crippen LogP contribution in [0.1, 0.15) is 97.5 Å². The quantitative estimate of drug-likeness (QED) is 0.0530. The molecule has 2 aliphatic carbocycles. The topological polar surface area (TPSA) is 193 Å². The number of halogens is 4. The highest BCUT2D eigenvalue weighted by Crippen LogP contribution is 2.46. The number of carbonyl (C=O) groups excluding carboxylic acids is 3. The summed E-state index contributed by atoms with van der Waals surface area (Å²) < 4.78 is 29.9. The molecule has 6 aromatic heterocycles. The maximum atomic E-state index is 11.9. The van der Waals surface area contributed by atoms with Crippen molar-refractivity contribution in [3.05, 3.63) is 139 Å². The molecular weight excluding hydrogens is 874 g/mol. The van der Waals surface area contributed by atoms with Gasteiger partial charge in [-0.1, -0.05) is 46.4 Å². The second-order valence-corrected chi connectivity index (χ2v) is 15.0. The summed E-state index contributed by atoms with van der Waals surface area (Å²) >= 11 is 24.2. The number of carbonyl (C=O) groups is 3. The SMILES string of the molecule is COC(=O)c1nc(C2CC2)cc(NCc2ccco2)c1Cl.COC(=O)c1nc(Cl)cc(NCc2ccco2)c1C1CC1.COC(=O)c1nc(Cl)cc(NCc2ccco2)c1Cl. The van der Waals surface area contributed by atoms with Crippen molar-refractivity contribution < 1.29 is 41.8 Å². The van der Waals surface area contributed by atoms with Crippen LogP contribution in [0.2, 0.25) is 20.4 Å². The predicted molar refractivity (Wildman–Crippen MR) is 229 cm³/mol. The minimum absolute atomic E-state index is 0.0291. The zero-order valence-corrected chi connectivity index (χ0v) is 36.1. The van der Waals surface area contributed by atoms with E-state index >= 15 is 0 Å². The van der Waals surface area contributed by atoms with Crippen LogP contribution in [0.25, 0.3) is 0 Å². The number of methoxy groups -OCH3 is 3. The molecule has 0 saturated heterocycles. The summed E-state index contributed by atoms with van der Waals surface area (Å²) in [5.41, 5.74) is 4.16. The van der Waals surface area contributed by atoms with Crippen LogP contribution in [0.5, 0.6) is 0 Å². The first-order valence-electron chi connectivity index (χ1n) is 18.8. The molecule has 0 radical (unpaired) electrons. The number of hydrogen-bond acceptors (Lipinski definition) is 15. The Bertz CT molecular complexity index is 2420. The summed E-state index contributed by atoms with van der Waals surface area (Å²) in [6.45, 7) is 1.42. The Morgan fingerprint density at radius 1 is 0.574 bits per heavy atom. The average Bonchev–Trinajstić information content (AvgIpc) is 4.09. The van der Waals surface area contributed by atoms with Gasteiger partial charge in [0.15, 0.2) is 17.1 Å². The highest BCUT2D eigenvalue weighted by Gasteiger charge is 2.33. The van der Waals surface area contributed by atoms with Crippen LogP contribution >= 0.6 is 46.4 Å². The number of nitrogens with zero attached hydrogens (tertiary/aromatic N) is 3. The van der Waals surface area contributed by atoms with E-state index in [0.29, 0.717) is 48.5 Å². The molecule has 6 heterocycles. The summed E-state index contributed by atoms with van der Waals surface area (Å²) in [4.78, 5) is 47.5. The van der Waals surface area contributed by atoms with E-state index < -0.39 is 17.9 Å². The van der Waals surface area contributed by atoms with E-state index in [0.717, 1.165) is 59.9 Å². The van der Waals surface area contributed by atoms with Crippen LogP contribution in [-0.2, 0) is 33.8 Å². The van der Waals surface area contributed by atoms with Crippen LogP contribution < -0.4 is 16.0 Å². The van der Waals surface area contributed by atoms with Crippen LogP contribution in [0.15, 0.2) is 86.6 Å². The number of aromatic nitrogens is 3. The standard InChI is InChI=1S/2C15H15ClN2O3.C12H10Cl2N2O3/c1-20-15(19)14-13(9-4-5-9)11(7-12(16)18-14)17-8-10-3-2-6-21-10;1-20-15(19)14-13(16)12(7-11(18-14)9-4-5-9)17-8-10-3-2-6-21-10;1-18-12(17)11-10(14)8(5-9(13)16-11)15-6-7-3-2-4-19-7/h2*2-3,6-7,9H,4-5,8H2,1H3,(H,17,18);2-5H,6H2,1H3,(H,15,16). The molecule has 8 rings (SSSR count). The molecule has 2 saturated carbocycles. The van der Waals surface area contributed by atoms with Gasteiger partial charge in [-0.05, 0) is 80.1 Å². The molecular formula is C42H40Cl4N6O9. The second-order valence-electron chi connectivity index (χ2n) is 13.5. The summed E-state index contributed by atoms with van der Waals surface area (Å²) in [5, 5.41) is 10.3. The highest BCUT2D eigenvalue weighted by molar-refractivity contribution is 6.37. The van der Waals surface area contributed by atoms with Gasteiger partial charge in [0.2, 0.25) is 0 Å². The fraction of sp³-hybridized carbons (Fsp3) is 0.286. The lowest BCUT2D eigenvalue weighted by atomic mass is 10.1. The van der Waals surface area contributed by atoms with E-state index in [1.54, 1.807) is 30.9 Å². The summed E-state index contributed by atoms with van der Waals surface area (Å²) in [5.74, 6) is 1.44. The third-order valence-corrected chi connectivity index (χ3v) is 10.3. The number of hydrogen-bond donors (Lipinski definition) is 3. The van der Waals surface area contributed by atoms with Crippen molar-refractivity contribution in [3.8, 4) is 0 Å². The van der Waals surface area contributed by atoms with Gasteiger partial charge in [0, 0.05) is 28.9 Å². The lowest BCUT2D eigenvalue weighted by molar-refractivity contribution is 0.0584. The molecule has 2 aliphatic rings. The Hall–Kier alpha value is -5.74. The average molecular weight is 915 g/mol. The molecule has 15 nitrogen and oxygen atoms in total. The molecule has 2 fully saturated rings. The predicted octanol–water partition coefficient (Wildman–Crippen LogP) is 10.6. The maximum absolute atomic E-state index is 11.9. The van der Waals surface area contributed by atoms with Gasteiger partial charge in [-0.25, -0.2) is 29.3 Å². The molecule has 0 aliphatic heterocycles. The summed E-state index contributed by atoms with van der Waals surface area (Å²) in [7, 11) is 3.91. The van der Waals surface area contributed by atoms with Crippen molar-refractivity contribution in [2.45, 2.75) is 57.2 Å². The first-order valence-corrected chi connectivity index (χ1v) is 20.3. The van der Waals surface area contributed by atoms with E-state index in [9.17, 15) is 14.4 Å². The van der Waals surface area contributed by atoms with E-state index in [2.05, 4.69) is 35.6 Å². The molecule has 320 valence electrons. The number of pyridine rings is 3. The Kier molecular flexibility index (Phi) is 15.6. The lowest BCUT2D eigenvalue weighted by Crippen LogP contribution is -2.12. The van der Waals surface area contributed by atoms with E-state index in [1.807, 2.05) is 36.4 Å². The van der Waals surface area contributed by atoms with Crippen molar-refractivity contribution in [2.75, 3.05) is 37.3 Å². The Morgan fingerprint density at radius 3 is 1.39 bits per heavy atom. The molecule has 19 heteroatoms. The van der Waals surface area contributed by atoms with Crippen molar-refractivity contribution >= 4 is 81.4 Å². The van der Waals surface area contributed by atoms with Gasteiger partial charge in [0.25, 0.3) is 0 Å². The third kappa shape index (κ3) is 12.2. The Morgan fingerprint density at radius 2 is 0.967 bits per heavy atom. The zero-order valence-electron chi connectivity index (χ0n) is 33.1. The Labute approximate surface area is 370 Å².